The predicted molar refractivity (Wildman–Crippen MR) is 205 cm³/mol. The molecule has 0 aromatic heterocycles. The summed E-state index contributed by atoms with van der Waals surface area (Å²) in [6.45, 7) is -1.79. The highest BCUT2D eigenvalue weighted by atomic mass is 32.5. The van der Waals surface area contributed by atoms with E-state index in [4.69, 9.17) is 56.8 Å². The van der Waals surface area contributed by atoms with Crippen molar-refractivity contribution < 1.29 is 62.5 Å². The molecule has 2 heterocycles. The van der Waals surface area contributed by atoms with E-state index >= 15 is 0 Å². The van der Waals surface area contributed by atoms with Gasteiger partial charge < -0.3 is 63.6 Å². The number of amides is 1. The van der Waals surface area contributed by atoms with E-state index in [9.17, 15) is 29.8 Å². The first-order valence-corrected chi connectivity index (χ1v) is 20.8. The van der Waals surface area contributed by atoms with Crippen LogP contribution < -0.4 is 10.6 Å². The lowest BCUT2D eigenvalue weighted by Crippen LogP contribution is -2.64. The molecule has 1 amide bonds. The van der Waals surface area contributed by atoms with Gasteiger partial charge in [-0.2, -0.15) is 0 Å². The number of ether oxygens (including phenoxy) is 5. The van der Waals surface area contributed by atoms with Crippen molar-refractivity contribution >= 4 is 55.6 Å². The summed E-state index contributed by atoms with van der Waals surface area (Å²) in [5.74, 6) is -0.574. The molecule has 2 aliphatic heterocycles. The van der Waals surface area contributed by atoms with E-state index in [0.29, 0.717) is 19.3 Å². The molecule has 2 fully saturated rings. The predicted octanol–water partition coefficient (Wildman–Crippen LogP) is 1.73. The summed E-state index contributed by atoms with van der Waals surface area (Å²) in [4.78, 5) is 35.0. The van der Waals surface area contributed by atoms with Gasteiger partial charge in [0.2, 0.25) is 5.91 Å². The lowest BCUT2D eigenvalue weighted by atomic mass is 9.82. The zero-order valence-electron chi connectivity index (χ0n) is 30.4. The second-order valence-electron chi connectivity index (χ2n) is 12.9. The minimum absolute atomic E-state index is 0.0746. The van der Waals surface area contributed by atoms with Gasteiger partial charge in [0.15, 0.2) is 6.29 Å². The summed E-state index contributed by atoms with van der Waals surface area (Å²) in [5.41, 5.74) is 0.829. The van der Waals surface area contributed by atoms with E-state index in [1.165, 1.54) is 14.0 Å². The Labute approximate surface area is 322 Å². The number of thiocarbonyl (C=S) groups is 1. The van der Waals surface area contributed by atoms with Crippen LogP contribution in [0.1, 0.15) is 57.4 Å². The molecule has 1 aromatic rings. The highest BCUT2D eigenvalue weighted by Gasteiger charge is 2.46. The number of nitrogens with one attached hydrogen (secondary N) is 2. The van der Waals surface area contributed by atoms with Crippen LogP contribution in [0.3, 0.4) is 0 Å². The average molecular weight is 805 g/mol. The summed E-state index contributed by atoms with van der Waals surface area (Å²) >= 11 is 10.6. The van der Waals surface area contributed by atoms with Gasteiger partial charge in [-0.25, -0.2) is 4.79 Å². The first kappa shape index (κ1) is 45.3. The van der Waals surface area contributed by atoms with Crippen LogP contribution in [0.15, 0.2) is 42.5 Å². The largest absolute Gasteiger partial charge is 0.508 e. The number of aliphatic hydroxyl groups is 3. The molecule has 0 aliphatic carbocycles. The van der Waals surface area contributed by atoms with Crippen molar-refractivity contribution in [3.63, 3.8) is 0 Å². The van der Waals surface area contributed by atoms with Gasteiger partial charge in [0.25, 0.3) is 0 Å². The fourth-order valence-electron chi connectivity index (χ4n) is 5.98. The quantitative estimate of drug-likeness (QED) is 0.0247. The summed E-state index contributed by atoms with van der Waals surface area (Å²) in [6, 6.07) is 8.02. The zero-order valence-corrected chi connectivity index (χ0v) is 33.0. The molecule has 1 aromatic carbocycles. The lowest BCUT2D eigenvalue weighted by molar-refractivity contribution is -0.270. The van der Waals surface area contributed by atoms with Gasteiger partial charge in [-0.3, -0.25) is 4.79 Å². The van der Waals surface area contributed by atoms with Crippen molar-refractivity contribution in [3.05, 3.63) is 48.0 Å². The monoisotopic (exact) mass is 804 g/mol. The molecule has 0 radical (unpaired) electrons. The molecule has 53 heavy (non-hydrogen) atoms. The Morgan fingerprint density at radius 3 is 2.49 bits per heavy atom. The summed E-state index contributed by atoms with van der Waals surface area (Å²) in [6.07, 6.45) is 2.58. The molecule has 19 heteroatoms. The van der Waals surface area contributed by atoms with Crippen LogP contribution in [-0.4, -0.2) is 127 Å². The van der Waals surface area contributed by atoms with E-state index in [0.717, 1.165) is 42.8 Å². The van der Waals surface area contributed by atoms with Crippen molar-refractivity contribution in [3.8, 4) is 0 Å². The molecule has 2 saturated heterocycles. The number of hydrogen-bond acceptors (Lipinski definition) is 14. The van der Waals surface area contributed by atoms with Crippen LogP contribution in [0.5, 0.6) is 0 Å². The number of benzene rings is 1. The molecule has 0 saturated carbocycles. The van der Waals surface area contributed by atoms with Gasteiger partial charge in [0, 0.05) is 39.1 Å². The molecule has 15 nitrogen and oxygen atoms in total. The third-order valence-electron chi connectivity index (χ3n) is 8.86. The Bertz CT molecular complexity index is 1350. The molecule has 0 bridgehead atoms. The Morgan fingerprint density at radius 2 is 1.79 bits per heavy atom. The number of hydrogen-bond donors (Lipinski definition) is 6. The number of aliphatic hydroxyl groups excluding tert-OH is 3. The van der Waals surface area contributed by atoms with E-state index in [1.807, 2.05) is 38.2 Å². The average Bonchev–Trinajstić information content (AvgIpc) is 3.42. The molecule has 2 unspecified atom stereocenters. The van der Waals surface area contributed by atoms with Gasteiger partial charge in [-0.1, -0.05) is 54.7 Å². The third kappa shape index (κ3) is 15.9. The lowest BCUT2D eigenvalue weighted by Gasteiger charge is -2.42. The highest BCUT2D eigenvalue weighted by molar-refractivity contribution is 8.07. The van der Waals surface area contributed by atoms with E-state index in [-0.39, 0.29) is 31.7 Å². The highest BCUT2D eigenvalue weighted by Crippen LogP contribution is 2.48. The van der Waals surface area contributed by atoms with Gasteiger partial charge >= 0.3 is 12.9 Å². The van der Waals surface area contributed by atoms with Crippen molar-refractivity contribution in [1.82, 2.24) is 10.6 Å². The van der Waals surface area contributed by atoms with Gasteiger partial charge in [0.05, 0.1) is 11.6 Å². The second-order valence-corrected chi connectivity index (χ2v) is 16.3. The van der Waals surface area contributed by atoms with Gasteiger partial charge in [0.1, 0.15) is 57.6 Å². The molecule has 298 valence electrons. The fraction of sp³-hybridized carbons (Fsp3) is 0.676. The molecule has 6 N–H and O–H groups in total. The standard InChI is InChI=1S/C34H54BN2O13PS2/c1-22(39)37-28-30(41)29(40)25(19-38)49-33(28)45-18-12-10-16-27(52)36-17-11-5-3-4-9-15-24-31(50-51(43,53)44-2)26(48-32(24)35)21-47-34(42)46-20-23-13-7-6-8-14-23/h4,6-9,13-14,24-26,28-33,38,40-41H,3,5,10-12,15-21,35H2,1-2H3,(H,36,52)(H,37,39)(H,43,53)/b9-4+/t24-,25+,26+,28+,29-,30+,31?,32+,33+,51?/m0/s1. The van der Waals surface area contributed by atoms with Crippen molar-refractivity contribution in [2.45, 2.75) is 107 Å². The minimum atomic E-state index is -3.53. The van der Waals surface area contributed by atoms with Crippen LogP contribution in [-0.2, 0) is 55.9 Å². The molecule has 3 rings (SSSR count). The topological polar surface area (TPSA) is 204 Å². The second kappa shape index (κ2) is 23.8. The van der Waals surface area contributed by atoms with E-state index in [2.05, 4.69) is 22.8 Å². The number of carbonyl (C=O) groups excluding carboxylic acids is 2. The van der Waals surface area contributed by atoms with Crippen LogP contribution >= 0.6 is 18.9 Å². The first-order chi connectivity index (χ1) is 25.3. The molecular formula is C34H54BN2O13PS2. The maximum absolute atomic E-state index is 12.2. The first-order valence-electron chi connectivity index (χ1n) is 17.8. The summed E-state index contributed by atoms with van der Waals surface area (Å²) < 4.78 is 38.7. The number of allylic oxidation sites excluding steroid dienone is 2. The summed E-state index contributed by atoms with van der Waals surface area (Å²) in [7, 11) is 3.19. The minimum Gasteiger partial charge on any atom is -0.431 e. The number of carbonyl (C=O) groups is 2. The number of unbranched alkanes of at least 4 members (excludes halogenated alkanes) is 3. The normalized spacial score (nSPS) is 28.3. The maximum atomic E-state index is 12.2. The Morgan fingerprint density at radius 1 is 1.04 bits per heavy atom. The van der Waals surface area contributed by atoms with Crippen LogP contribution in [0.2, 0.25) is 0 Å². The maximum Gasteiger partial charge on any atom is 0.508 e. The summed E-state index contributed by atoms with van der Waals surface area (Å²) in [5, 5.41) is 35.8. The van der Waals surface area contributed by atoms with Crippen molar-refractivity contribution in [2.24, 2.45) is 5.92 Å². The molecular weight excluding hydrogens is 750 g/mol. The van der Waals surface area contributed by atoms with E-state index in [1.54, 1.807) is 0 Å². The van der Waals surface area contributed by atoms with E-state index < -0.39 is 68.2 Å². The van der Waals surface area contributed by atoms with Gasteiger partial charge in [-0.15, -0.1) is 0 Å². The fourth-order valence-corrected chi connectivity index (χ4v) is 7.21. The molecule has 10 atom stereocenters. The van der Waals surface area contributed by atoms with Crippen LogP contribution in [0.25, 0.3) is 0 Å². The SMILES string of the molecule is B[C@@H]1O[C@H](COC(=O)OCc2ccccc2)C(OP(O)(=S)OC)[C@@H]1C/C=C/CCCCNC(=S)CCCCO[C@@H]1O[C@H](CO)[C@H](O)[C@H](O)[C@H]1NC(C)=O. The van der Waals surface area contributed by atoms with Crippen molar-refractivity contribution in [1.29, 1.82) is 0 Å². The Balaban J connectivity index is 1.31. The van der Waals surface area contributed by atoms with Crippen LogP contribution in [0.4, 0.5) is 4.79 Å². The zero-order chi connectivity index (χ0) is 38.8. The molecule has 2 aliphatic rings. The molecule has 0 spiro atoms. The Kier molecular flexibility index (Phi) is 20.3. The smallest absolute Gasteiger partial charge is 0.431 e. The third-order valence-corrected chi connectivity index (χ3v) is 10.9. The van der Waals surface area contributed by atoms with Crippen molar-refractivity contribution in [2.75, 3.05) is 33.5 Å². The Hall–Kier alpha value is -2.06. The van der Waals surface area contributed by atoms with Crippen LogP contribution in [0, 0.1) is 5.92 Å². The van der Waals surface area contributed by atoms with Gasteiger partial charge in [-0.05, 0) is 62.3 Å². The number of rotatable bonds is 22.